The largest absolute Gasteiger partial charge is 2.00 e. The summed E-state index contributed by atoms with van der Waals surface area (Å²) in [6.45, 7) is 7.29. The van der Waals surface area contributed by atoms with Gasteiger partial charge in [0.15, 0.2) is 0 Å². The van der Waals surface area contributed by atoms with E-state index in [0.717, 1.165) is 12.8 Å². The number of carboxylic acid groups (broad SMARTS) is 2. The molecule has 0 amide bonds. The Morgan fingerprint density at radius 3 is 1.16 bits per heavy atom. The molecule has 0 bridgehead atoms. The van der Waals surface area contributed by atoms with Gasteiger partial charge in [-0.1, -0.05) is 38.8 Å². The molecule has 0 aromatic heterocycles. The quantitative estimate of drug-likeness (QED) is 0.526. The first-order valence-electron chi connectivity index (χ1n) is 6.17. The third-order valence-corrected chi connectivity index (χ3v) is 2.26. The molecule has 0 unspecified atom stereocenters. The van der Waals surface area contributed by atoms with Gasteiger partial charge < -0.3 is 19.8 Å². The number of carbonyl (C=O) groups excluding carboxylic acids is 2. The maximum absolute atomic E-state index is 10.1. The predicted octanol–water partition coefficient (Wildman–Crippen LogP) is 0.585. The smallest absolute Gasteiger partial charge is 0.545 e. The van der Waals surface area contributed by atoms with Crippen LogP contribution in [0, 0.1) is 0 Å². The number of hydrogen-bond donors (Lipinski definition) is 0. The van der Waals surface area contributed by atoms with Crippen LogP contribution in [0.3, 0.4) is 0 Å². The van der Waals surface area contributed by atoms with Crippen molar-refractivity contribution < 1.29 is 19.8 Å². The number of aliphatic carboxylic acids is 2. The molecular formula is C14H22MgO4. The van der Waals surface area contributed by atoms with Gasteiger partial charge in [-0.2, -0.15) is 0 Å². The van der Waals surface area contributed by atoms with Gasteiger partial charge in [0, 0.05) is 0 Å². The van der Waals surface area contributed by atoms with E-state index in [2.05, 4.69) is 0 Å². The van der Waals surface area contributed by atoms with Crippen molar-refractivity contribution in [1.82, 2.24) is 0 Å². The van der Waals surface area contributed by atoms with E-state index in [1.807, 2.05) is 13.8 Å². The second-order valence-corrected chi connectivity index (χ2v) is 3.70. The number of carbonyl (C=O) groups is 2. The van der Waals surface area contributed by atoms with Crippen molar-refractivity contribution in [3.63, 3.8) is 0 Å². The summed E-state index contributed by atoms with van der Waals surface area (Å²) in [6.07, 6.45) is 6.09. The molecule has 0 saturated carbocycles. The molecule has 0 spiro atoms. The number of allylic oxidation sites excluding steroid dienone is 2. The normalized spacial score (nSPS) is 10.9. The Morgan fingerprint density at radius 2 is 1.11 bits per heavy atom. The van der Waals surface area contributed by atoms with Crippen molar-refractivity contribution >= 4 is 35.0 Å². The van der Waals surface area contributed by atoms with Crippen LogP contribution in [0.4, 0.5) is 0 Å². The summed E-state index contributed by atoms with van der Waals surface area (Å²) in [5.74, 6) is -2.08. The summed E-state index contributed by atoms with van der Waals surface area (Å²) in [5, 5.41) is 20.3. The molecule has 0 radical (unpaired) electrons. The van der Waals surface area contributed by atoms with Gasteiger partial charge in [-0.25, -0.2) is 0 Å². The van der Waals surface area contributed by atoms with Crippen molar-refractivity contribution in [2.75, 3.05) is 0 Å². The molecule has 4 nitrogen and oxygen atoms in total. The van der Waals surface area contributed by atoms with Crippen LogP contribution >= 0.6 is 0 Å². The van der Waals surface area contributed by atoms with Gasteiger partial charge >= 0.3 is 23.1 Å². The van der Waals surface area contributed by atoms with Crippen molar-refractivity contribution in [3.05, 3.63) is 23.3 Å². The van der Waals surface area contributed by atoms with Gasteiger partial charge in [-0.3, -0.25) is 0 Å². The fraction of sp³-hybridized carbons (Fsp3) is 0.571. The van der Waals surface area contributed by atoms with E-state index < -0.39 is 11.9 Å². The summed E-state index contributed by atoms with van der Waals surface area (Å²) < 4.78 is 0. The molecule has 0 rings (SSSR count). The van der Waals surface area contributed by atoms with E-state index in [9.17, 15) is 19.8 Å². The number of carboxylic acids is 2. The standard InChI is InChI=1S/2C7H12O2.Mg/c2*1-3-5-6(4-2)7(8)9;/h2*4H,3,5H2,1-2H3,(H,8,9);/q;;+2/p-2. The molecule has 0 aliphatic rings. The molecule has 0 aromatic carbocycles. The zero-order chi connectivity index (χ0) is 14.6. The summed E-state index contributed by atoms with van der Waals surface area (Å²) in [7, 11) is 0. The summed E-state index contributed by atoms with van der Waals surface area (Å²) in [5.41, 5.74) is 0.801. The molecule has 0 heterocycles. The van der Waals surface area contributed by atoms with E-state index in [0.29, 0.717) is 24.0 Å². The maximum atomic E-state index is 10.1. The van der Waals surface area contributed by atoms with E-state index in [1.165, 1.54) is 0 Å². The fourth-order valence-electron chi connectivity index (χ4n) is 1.27. The fourth-order valence-corrected chi connectivity index (χ4v) is 1.27. The van der Waals surface area contributed by atoms with Gasteiger partial charge in [0.25, 0.3) is 0 Å². The average molecular weight is 279 g/mol. The molecule has 0 aliphatic heterocycles. The average Bonchev–Trinajstić information content (AvgIpc) is 2.32. The van der Waals surface area contributed by atoms with E-state index in [4.69, 9.17) is 0 Å². The minimum Gasteiger partial charge on any atom is -0.545 e. The van der Waals surface area contributed by atoms with Crippen LogP contribution in [0.2, 0.25) is 0 Å². The van der Waals surface area contributed by atoms with Gasteiger partial charge in [-0.15, -0.1) is 0 Å². The second kappa shape index (κ2) is 15.2. The molecule has 0 N–H and O–H groups in total. The molecule has 0 aliphatic carbocycles. The molecule has 0 aromatic rings. The van der Waals surface area contributed by atoms with Gasteiger partial charge in [0.05, 0.1) is 11.9 Å². The summed E-state index contributed by atoms with van der Waals surface area (Å²) >= 11 is 0. The first kappa shape index (κ1) is 23.3. The maximum Gasteiger partial charge on any atom is 2.00 e. The molecule has 19 heavy (non-hydrogen) atoms. The van der Waals surface area contributed by atoms with E-state index >= 15 is 0 Å². The van der Waals surface area contributed by atoms with Gasteiger partial charge in [0.1, 0.15) is 0 Å². The minimum absolute atomic E-state index is 0. The Hall–Kier alpha value is -0.814. The molecule has 0 atom stereocenters. The second-order valence-electron chi connectivity index (χ2n) is 3.70. The van der Waals surface area contributed by atoms with Gasteiger partial charge in [-0.05, 0) is 37.8 Å². The van der Waals surface area contributed by atoms with Crippen LogP contribution in [-0.4, -0.2) is 35.0 Å². The predicted molar refractivity (Wildman–Crippen MR) is 73.1 cm³/mol. The van der Waals surface area contributed by atoms with Crippen LogP contribution < -0.4 is 10.2 Å². The Balaban J connectivity index is -0.000000256. The Morgan fingerprint density at radius 1 is 0.842 bits per heavy atom. The molecule has 0 fully saturated rings. The Kier molecular flexibility index (Phi) is 18.7. The first-order valence-corrected chi connectivity index (χ1v) is 6.17. The monoisotopic (exact) mass is 278 g/mol. The van der Waals surface area contributed by atoms with Crippen LogP contribution in [-0.2, 0) is 9.59 Å². The number of hydrogen-bond acceptors (Lipinski definition) is 4. The Bertz CT molecular complexity index is 287. The van der Waals surface area contributed by atoms with Crippen molar-refractivity contribution in [2.45, 2.75) is 53.4 Å². The topological polar surface area (TPSA) is 80.3 Å². The third-order valence-electron chi connectivity index (χ3n) is 2.26. The van der Waals surface area contributed by atoms with Crippen LogP contribution in [0.5, 0.6) is 0 Å². The zero-order valence-corrected chi connectivity index (χ0v) is 13.7. The van der Waals surface area contributed by atoms with E-state index in [1.54, 1.807) is 26.0 Å². The van der Waals surface area contributed by atoms with Crippen molar-refractivity contribution in [3.8, 4) is 0 Å². The molecule has 0 saturated heterocycles. The van der Waals surface area contributed by atoms with E-state index in [-0.39, 0.29) is 23.1 Å². The number of rotatable bonds is 6. The SMILES string of the molecule is CC=C(CCC)C(=O)[O-].CC=C(CCC)C(=O)[O-].[Mg+2]. The molecular weight excluding hydrogens is 256 g/mol. The van der Waals surface area contributed by atoms with Crippen molar-refractivity contribution in [1.29, 1.82) is 0 Å². The van der Waals surface area contributed by atoms with Gasteiger partial charge in [0.2, 0.25) is 0 Å². The summed E-state index contributed by atoms with van der Waals surface area (Å²) in [6, 6.07) is 0. The van der Waals surface area contributed by atoms with Crippen molar-refractivity contribution in [2.24, 2.45) is 0 Å². The first-order chi connectivity index (χ1) is 8.44. The Labute approximate surface area is 131 Å². The van der Waals surface area contributed by atoms with Crippen LogP contribution in [0.1, 0.15) is 53.4 Å². The van der Waals surface area contributed by atoms with Crippen LogP contribution in [0.15, 0.2) is 23.3 Å². The molecule has 104 valence electrons. The third kappa shape index (κ3) is 13.4. The minimum atomic E-state index is -1.04. The summed E-state index contributed by atoms with van der Waals surface area (Å²) in [4.78, 5) is 20.3. The zero-order valence-electron chi connectivity index (χ0n) is 12.3. The van der Waals surface area contributed by atoms with Crippen LogP contribution in [0.25, 0.3) is 0 Å². The molecule has 5 heteroatoms.